The van der Waals surface area contributed by atoms with Gasteiger partial charge >= 0.3 is 0 Å². The van der Waals surface area contributed by atoms with Gasteiger partial charge in [-0.05, 0) is 38.8 Å². The normalized spacial score (nSPS) is 16.0. The van der Waals surface area contributed by atoms with Crippen molar-refractivity contribution < 1.29 is 14.3 Å². The summed E-state index contributed by atoms with van der Waals surface area (Å²) in [4.78, 5) is 17.2. The zero-order valence-electron chi connectivity index (χ0n) is 12.4. The molecule has 1 aliphatic heterocycles. The first-order chi connectivity index (χ1) is 10.3. The second-order valence-corrected chi connectivity index (χ2v) is 5.95. The van der Waals surface area contributed by atoms with Crippen LogP contribution in [0.3, 0.4) is 0 Å². The highest BCUT2D eigenvalue weighted by Gasteiger charge is 2.18. The first kappa shape index (κ1) is 16.4. The second-order valence-electron chi connectivity index (χ2n) is 4.89. The van der Waals surface area contributed by atoms with Crippen LogP contribution in [0.4, 0.5) is 5.13 Å². The van der Waals surface area contributed by atoms with Crippen LogP contribution < -0.4 is 10.6 Å². The lowest BCUT2D eigenvalue weighted by molar-refractivity contribution is -0.121. The maximum Gasteiger partial charge on any atom is 0.252 e. The Morgan fingerprint density at radius 3 is 2.95 bits per heavy atom. The Morgan fingerprint density at radius 2 is 2.19 bits per heavy atom. The van der Waals surface area contributed by atoms with Gasteiger partial charge in [-0.1, -0.05) is 0 Å². The lowest BCUT2D eigenvalue weighted by Gasteiger charge is -2.20. The number of carbonyl (C=O) groups is 1. The average molecular weight is 313 g/mol. The molecule has 0 bridgehead atoms. The van der Waals surface area contributed by atoms with Gasteiger partial charge in [-0.2, -0.15) is 0 Å². The molecule has 1 aromatic heterocycles. The molecule has 21 heavy (non-hydrogen) atoms. The Bertz CT molecular complexity index is 433. The summed E-state index contributed by atoms with van der Waals surface area (Å²) in [6.45, 7) is 5.68. The van der Waals surface area contributed by atoms with Crippen molar-refractivity contribution in [1.29, 1.82) is 0 Å². The van der Waals surface area contributed by atoms with Crippen molar-refractivity contribution in [1.82, 2.24) is 10.3 Å². The highest BCUT2D eigenvalue weighted by molar-refractivity contribution is 7.15. The zero-order valence-corrected chi connectivity index (χ0v) is 13.2. The maximum atomic E-state index is 11.7. The summed E-state index contributed by atoms with van der Waals surface area (Å²) < 4.78 is 10.4. The van der Waals surface area contributed by atoms with Crippen LogP contribution in [0.1, 0.15) is 30.6 Å². The lowest BCUT2D eigenvalue weighted by atomic mass is 9.97. The van der Waals surface area contributed by atoms with E-state index in [2.05, 4.69) is 15.6 Å². The number of nitrogens with zero attached hydrogens (tertiary/aromatic N) is 1. The summed E-state index contributed by atoms with van der Waals surface area (Å²) >= 11 is 1.56. The minimum Gasteiger partial charge on any atom is -0.379 e. The van der Waals surface area contributed by atoms with Gasteiger partial charge in [-0.25, -0.2) is 4.98 Å². The van der Waals surface area contributed by atoms with Gasteiger partial charge in [0.05, 0.1) is 13.2 Å². The molecule has 1 saturated heterocycles. The van der Waals surface area contributed by atoms with E-state index in [4.69, 9.17) is 9.47 Å². The Balaban J connectivity index is 1.70. The van der Waals surface area contributed by atoms with Crippen LogP contribution in [0, 0.1) is 0 Å². The van der Waals surface area contributed by atoms with E-state index in [1.807, 2.05) is 13.1 Å². The van der Waals surface area contributed by atoms with Crippen molar-refractivity contribution >= 4 is 22.4 Å². The topological polar surface area (TPSA) is 72.5 Å². The number of carbonyl (C=O) groups excluding carboxylic acids is 1. The first-order valence-corrected chi connectivity index (χ1v) is 8.23. The molecule has 0 unspecified atom stereocenters. The van der Waals surface area contributed by atoms with Gasteiger partial charge in [0.2, 0.25) is 0 Å². The highest BCUT2D eigenvalue weighted by atomic mass is 32.1. The molecule has 2 rings (SSSR count). The SMILES string of the molecule is CCOCCOCC(=O)Nc1ncc(C2CCNCC2)s1. The third-order valence-electron chi connectivity index (χ3n) is 3.32. The molecule has 1 amide bonds. The second kappa shape index (κ2) is 9.09. The van der Waals surface area contributed by atoms with Crippen molar-refractivity contribution in [2.45, 2.75) is 25.7 Å². The zero-order chi connectivity index (χ0) is 14.9. The predicted octanol–water partition coefficient (Wildman–Crippen LogP) is 1.60. The number of nitrogens with one attached hydrogen (secondary N) is 2. The molecule has 6 nitrogen and oxygen atoms in total. The fourth-order valence-electron chi connectivity index (χ4n) is 2.22. The summed E-state index contributed by atoms with van der Waals surface area (Å²) in [5.41, 5.74) is 0. The number of hydrogen-bond donors (Lipinski definition) is 2. The third-order valence-corrected chi connectivity index (χ3v) is 4.40. The third kappa shape index (κ3) is 5.70. The van der Waals surface area contributed by atoms with Gasteiger partial charge in [-0.15, -0.1) is 11.3 Å². The Labute approximate surface area is 129 Å². The van der Waals surface area contributed by atoms with Crippen molar-refractivity contribution in [2.75, 3.05) is 44.8 Å². The van der Waals surface area contributed by atoms with Crippen molar-refractivity contribution in [3.63, 3.8) is 0 Å². The molecule has 0 aromatic carbocycles. The van der Waals surface area contributed by atoms with E-state index in [-0.39, 0.29) is 12.5 Å². The van der Waals surface area contributed by atoms with Gasteiger partial charge in [0, 0.05) is 17.7 Å². The number of amides is 1. The van der Waals surface area contributed by atoms with Crippen molar-refractivity contribution in [3.05, 3.63) is 11.1 Å². The monoisotopic (exact) mass is 313 g/mol. The quantitative estimate of drug-likeness (QED) is 0.713. The molecule has 0 aliphatic carbocycles. The largest absolute Gasteiger partial charge is 0.379 e. The Hall–Kier alpha value is -1.02. The van der Waals surface area contributed by atoms with E-state index in [1.54, 1.807) is 11.3 Å². The van der Waals surface area contributed by atoms with Gasteiger partial charge in [0.25, 0.3) is 5.91 Å². The molecule has 118 valence electrons. The number of anilines is 1. The summed E-state index contributed by atoms with van der Waals surface area (Å²) in [5, 5.41) is 6.78. The van der Waals surface area contributed by atoms with Gasteiger partial charge in [-0.3, -0.25) is 10.1 Å². The number of thiazole rings is 1. The summed E-state index contributed by atoms with van der Waals surface area (Å²) in [5.74, 6) is 0.398. The van der Waals surface area contributed by atoms with Crippen LogP contribution in [0.15, 0.2) is 6.20 Å². The number of piperidine rings is 1. The van der Waals surface area contributed by atoms with Crippen LogP contribution in [0.2, 0.25) is 0 Å². The summed E-state index contributed by atoms with van der Waals surface area (Å²) in [6.07, 6.45) is 4.15. The van der Waals surface area contributed by atoms with Crippen molar-refractivity contribution in [2.24, 2.45) is 0 Å². The fraction of sp³-hybridized carbons (Fsp3) is 0.714. The molecular formula is C14H23N3O3S. The van der Waals surface area contributed by atoms with Crippen LogP contribution >= 0.6 is 11.3 Å². The Kier molecular flexibility index (Phi) is 7.08. The fourth-order valence-corrected chi connectivity index (χ4v) is 3.22. The van der Waals surface area contributed by atoms with E-state index in [9.17, 15) is 4.79 Å². The molecule has 1 aliphatic rings. The molecule has 0 spiro atoms. The van der Waals surface area contributed by atoms with E-state index in [0.29, 0.717) is 30.9 Å². The molecule has 0 saturated carbocycles. The maximum absolute atomic E-state index is 11.7. The molecular weight excluding hydrogens is 290 g/mol. The van der Waals surface area contributed by atoms with Gasteiger partial charge in [0.15, 0.2) is 5.13 Å². The van der Waals surface area contributed by atoms with Crippen molar-refractivity contribution in [3.8, 4) is 0 Å². The first-order valence-electron chi connectivity index (χ1n) is 7.41. The summed E-state index contributed by atoms with van der Waals surface area (Å²) in [6, 6.07) is 0. The van der Waals surface area contributed by atoms with Crippen LogP contribution in [0.25, 0.3) is 0 Å². The minimum atomic E-state index is -0.169. The predicted molar refractivity (Wildman–Crippen MR) is 82.9 cm³/mol. The standard InChI is InChI=1S/C14H23N3O3S/c1-2-19-7-8-20-10-13(18)17-14-16-9-12(21-14)11-3-5-15-6-4-11/h9,11,15H,2-8,10H2,1H3,(H,16,17,18). The average Bonchev–Trinajstić information content (AvgIpc) is 2.96. The van der Waals surface area contributed by atoms with E-state index in [0.717, 1.165) is 25.9 Å². The van der Waals surface area contributed by atoms with E-state index < -0.39 is 0 Å². The van der Waals surface area contributed by atoms with Gasteiger partial charge < -0.3 is 14.8 Å². The number of rotatable bonds is 8. The highest BCUT2D eigenvalue weighted by Crippen LogP contribution is 2.31. The smallest absolute Gasteiger partial charge is 0.252 e. The minimum absolute atomic E-state index is 0.0370. The molecule has 1 fully saturated rings. The number of aromatic nitrogens is 1. The molecule has 7 heteroatoms. The molecule has 0 atom stereocenters. The number of hydrogen-bond acceptors (Lipinski definition) is 6. The van der Waals surface area contributed by atoms with E-state index in [1.165, 1.54) is 4.88 Å². The molecule has 0 radical (unpaired) electrons. The summed E-state index contributed by atoms with van der Waals surface area (Å²) in [7, 11) is 0. The van der Waals surface area contributed by atoms with Crippen LogP contribution in [-0.4, -0.2) is 50.4 Å². The Morgan fingerprint density at radius 1 is 1.43 bits per heavy atom. The molecule has 2 N–H and O–H groups in total. The number of ether oxygens (including phenoxy) is 2. The molecule has 1 aromatic rings. The van der Waals surface area contributed by atoms with Gasteiger partial charge in [0.1, 0.15) is 6.61 Å². The molecule has 2 heterocycles. The van der Waals surface area contributed by atoms with Crippen LogP contribution in [-0.2, 0) is 14.3 Å². The van der Waals surface area contributed by atoms with Crippen LogP contribution in [0.5, 0.6) is 0 Å². The van der Waals surface area contributed by atoms with E-state index >= 15 is 0 Å². The lowest BCUT2D eigenvalue weighted by Crippen LogP contribution is -2.26.